The molecule has 2 fully saturated rings. The molecule has 2 N–H and O–H groups in total. The second kappa shape index (κ2) is 6.97. The van der Waals surface area contributed by atoms with Gasteiger partial charge in [0.2, 0.25) is 6.41 Å². The van der Waals surface area contributed by atoms with Crippen molar-refractivity contribution in [3.63, 3.8) is 0 Å². The first-order valence-electron chi connectivity index (χ1n) is 6.66. The minimum absolute atomic E-state index is 0.141. The SMILES string of the molecule is CC(C)C.O=CN[C@@H]1CC(O)C2CCCN2C1. The number of aliphatic hydroxyl groups is 1. The normalized spacial score (nSPS) is 32.6. The van der Waals surface area contributed by atoms with Gasteiger partial charge in [-0.25, -0.2) is 0 Å². The van der Waals surface area contributed by atoms with E-state index in [-0.39, 0.29) is 12.1 Å². The van der Waals surface area contributed by atoms with Crippen LogP contribution in [0.3, 0.4) is 0 Å². The van der Waals surface area contributed by atoms with Crippen LogP contribution in [0, 0.1) is 5.92 Å². The Morgan fingerprint density at radius 1 is 1.41 bits per heavy atom. The zero-order valence-corrected chi connectivity index (χ0v) is 11.2. The molecule has 0 aromatic rings. The summed E-state index contributed by atoms with van der Waals surface area (Å²) in [6, 6.07) is 0.492. The lowest BCUT2D eigenvalue weighted by Crippen LogP contribution is -2.54. The molecular weight excluding hydrogens is 216 g/mol. The lowest BCUT2D eigenvalue weighted by atomic mass is 9.96. The number of amides is 1. The summed E-state index contributed by atoms with van der Waals surface area (Å²) in [5, 5.41) is 12.5. The minimum atomic E-state index is -0.256. The lowest BCUT2D eigenvalue weighted by molar-refractivity contribution is -0.111. The second-order valence-electron chi connectivity index (χ2n) is 5.72. The van der Waals surface area contributed by atoms with E-state index in [0.717, 1.165) is 31.8 Å². The van der Waals surface area contributed by atoms with E-state index in [2.05, 4.69) is 31.0 Å². The summed E-state index contributed by atoms with van der Waals surface area (Å²) in [5.74, 6) is 0.833. The molecule has 0 aliphatic carbocycles. The van der Waals surface area contributed by atoms with Gasteiger partial charge in [0.15, 0.2) is 0 Å². The Kier molecular flexibility index (Phi) is 5.92. The summed E-state index contributed by atoms with van der Waals surface area (Å²) < 4.78 is 0. The average Bonchev–Trinajstić information content (AvgIpc) is 2.65. The zero-order chi connectivity index (χ0) is 12.8. The van der Waals surface area contributed by atoms with Gasteiger partial charge in [-0.2, -0.15) is 0 Å². The van der Waals surface area contributed by atoms with Crippen molar-refractivity contribution in [3.8, 4) is 0 Å². The largest absolute Gasteiger partial charge is 0.391 e. The van der Waals surface area contributed by atoms with Crippen LogP contribution >= 0.6 is 0 Å². The highest BCUT2D eigenvalue weighted by Gasteiger charge is 2.37. The summed E-state index contributed by atoms with van der Waals surface area (Å²) in [5.41, 5.74) is 0. The van der Waals surface area contributed by atoms with Gasteiger partial charge in [0, 0.05) is 18.6 Å². The van der Waals surface area contributed by atoms with E-state index in [4.69, 9.17) is 0 Å². The highest BCUT2D eigenvalue weighted by molar-refractivity contribution is 5.46. The van der Waals surface area contributed by atoms with Gasteiger partial charge in [-0.15, -0.1) is 0 Å². The van der Waals surface area contributed by atoms with Gasteiger partial charge in [-0.05, 0) is 31.7 Å². The van der Waals surface area contributed by atoms with Crippen LogP contribution in [0.1, 0.15) is 40.0 Å². The van der Waals surface area contributed by atoms with E-state index >= 15 is 0 Å². The van der Waals surface area contributed by atoms with Crippen LogP contribution in [0.25, 0.3) is 0 Å². The summed E-state index contributed by atoms with van der Waals surface area (Å²) in [6.45, 7) is 8.47. The van der Waals surface area contributed by atoms with E-state index < -0.39 is 0 Å². The van der Waals surface area contributed by atoms with E-state index in [1.54, 1.807) is 0 Å². The van der Waals surface area contributed by atoms with Crippen LogP contribution in [0.15, 0.2) is 0 Å². The fraction of sp³-hybridized carbons (Fsp3) is 0.923. The van der Waals surface area contributed by atoms with Crippen LogP contribution < -0.4 is 5.32 Å². The van der Waals surface area contributed by atoms with Crippen molar-refractivity contribution in [2.24, 2.45) is 5.92 Å². The van der Waals surface area contributed by atoms with Gasteiger partial charge in [-0.3, -0.25) is 9.69 Å². The van der Waals surface area contributed by atoms with Crippen molar-refractivity contribution < 1.29 is 9.90 Å². The molecule has 2 unspecified atom stereocenters. The number of nitrogens with zero attached hydrogens (tertiary/aromatic N) is 1. The van der Waals surface area contributed by atoms with Crippen LogP contribution in [-0.4, -0.2) is 47.7 Å². The summed E-state index contributed by atoms with van der Waals surface area (Å²) in [4.78, 5) is 12.5. The molecule has 0 aromatic carbocycles. The van der Waals surface area contributed by atoms with Crippen molar-refractivity contribution in [2.45, 2.75) is 58.2 Å². The molecule has 2 saturated heterocycles. The first kappa shape index (κ1) is 14.5. The number of rotatable bonds is 2. The molecule has 17 heavy (non-hydrogen) atoms. The average molecular weight is 242 g/mol. The van der Waals surface area contributed by atoms with Gasteiger partial charge >= 0.3 is 0 Å². The maximum Gasteiger partial charge on any atom is 0.207 e. The molecule has 1 amide bonds. The monoisotopic (exact) mass is 242 g/mol. The Morgan fingerprint density at radius 3 is 2.65 bits per heavy atom. The summed E-state index contributed by atoms with van der Waals surface area (Å²) >= 11 is 0. The Balaban J connectivity index is 0.000000317. The fourth-order valence-electron chi connectivity index (χ4n) is 2.54. The van der Waals surface area contributed by atoms with Gasteiger partial charge in [0.1, 0.15) is 0 Å². The van der Waals surface area contributed by atoms with E-state index in [1.807, 2.05) is 0 Å². The molecule has 0 radical (unpaired) electrons. The van der Waals surface area contributed by atoms with Crippen molar-refractivity contribution in [3.05, 3.63) is 0 Å². The number of carbonyl (C=O) groups excluding carboxylic acids is 1. The maximum atomic E-state index is 10.3. The number of aliphatic hydroxyl groups excluding tert-OH is 1. The zero-order valence-electron chi connectivity index (χ0n) is 11.2. The Hall–Kier alpha value is -0.610. The fourth-order valence-corrected chi connectivity index (χ4v) is 2.54. The predicted molar refractivity (Wildman–Crippen MR) is 68.7 cm³/mol. The third-order valence-electron chi connectivity index (χ3n) is 3.14. The van der Waals surface area contributed by atoms with Gasteiger partial charge in [0.05, 0.1) is 6.10 Å². The van der Waals surface area contributed by atoms with E-state index in [9.17, 15) is 9.90 Å². The molecule has 100 valence electrons. The molecule has 0 aromatic heterocycles. The molecule has 0 saturated carbocycles. The number of fused-ring (bicyclic) bond motifs is 1. The molecule has 4 nitrogen and oxygen atoms in total. The minimum Gasteiger partial charge on any atom is -0.391 e. The number of piperidine rings is 1. The molecule has 0 bridgehead atoms. The van der Waals surface area contributed by atoms with E-state index in [1.165, 1.54) is 6.42 Å². The summed E-state index contributed by atoms with van der Waals surface area (Å²) in [6.07, 6.45) is 3.46. The summed E-state index contributed by atoms with van der Waals surface area (Å²) in [7, 11) is 0. The molecule has 4 heteroatoms. The second-order valence-corrected chi connectivity index (χ2v) is 5.72. The molecule has 2 aliphatic heterocycles. The number of hydrogen-bond donors (Lipinski definition) is 2. The third kappa shape index (κ3) is 4.64. The van der Waals surface area contributed by atoms with Crippen molar-refractivity contribution in [1.29, 1.82) is 0 Å². The van der Waals surface area contributed by atoms with Crippen molar-refractivity contribution in [1.82, 2.24) is 10.2 Å². The molecular formula is C13H26N2O2. The highest BCUT2D eigenvalue weighted by atomic mass is 16.3. The van der Waals surface area contributed by atoms with Crippen LogP contribution in [0.2, 0.25) is 0 Å². The predicted octanol–water partition coefficient (Wildman–Crippen LogP) is 0.992. The number of hydrogen-bond acceptors (Lipinski definition) is 3. The topological polar surface area (TPSA) is 52.6 Å². The van der Waals surface area contributed by atoms with Crippen molar-refractivity contribution >= 4 is 6.41 Å². The number of nitrogens with one attached hydrogen (secondary N) is 1. The Labute approximate surface area is 104 Å². The Morgan fingerprint density at radius 2 is 2.06 bits per heavy atom. The van der Waals surface area contributed by atoms with Crippen LogP contribution in [0.5, 0.6) is 0 Å². The maximum absolute atomic E-state index is 10.3. The van der Waals surface area contributed by atoms with Crippen LogP contribution in [-0.2, 0) is 4.79 Å². The smallest absolute Gasteiger partial charge is 0.207 e. The molecule has 3 atom stereocenters. The van der Waals surface area contributed by atoms with Gasteiger partial charge < -0.3 is 10.4 Å². The number of carbonyl (C=O) groups is 1. The Bertz CT molecular complexity index is 231. The van der Waals surface area contributed by atoms with Crippen molar-refractivity contribution in [2.75, 3.05) is 13.1 Å². The molecule has 2 rings (SSSR count). The van der Waals surface area contributed by atoms with Gasteiger partial charge in [-0.1, -0.05) is 20.8 Å². The quantitative estimate of drug-likeness (QED) is 0.710. The first-order chi connectivity index (χ1) is 8.04. The first-order valence-corrected chi connectivity index (χ1v) is 6.66. The molecule has 2 aliphatic rings. The lowest BCUT2D eigenvalue weighted by Gasteiger charge is -2.38. The molecule has 2 heterocycles. The highest BCUT2D eigenvalue weighted by Crippen LogP contribution is 2.26. The molecule has 0 spiro atoms. The van der Waals surface area contributed by atoms with Crippen LogP contribution in [0.4, 0.5) is 0 Å². The third-order valence-corrected chi connectivity index (χ3v) is 3.14. The van der Waals surface area contributed by atoms with Gasteiger partial charge in [0.25, 0.3) is 0 Å². The van der Waals surface area contributed by atoms with E-state index in [0.29, 0.717) is 12.5 Å². The standard InChI is InChI=1S/C9H16N2O2.C4H10/c12-6-10-7-4-9(13)8-2-1-3-11(8)5-7;1-4(2)3/h6-9,13H,1-5H2,(H,10,12);4H,1-3H3/t7-,8?,9?;/m1./s1.